The molecule has 2 amide bonds. The molecule has 1 aromatic heterocycles. The zero-order valence-corrected chi connectivity index (χ0v) is 14.5. The molecule has 0 unspecified atom stereocenters. The highest BCUT2D eigenvalue weighted by Crippen LogP contribution is 2.33. The van der Waals surface area contributed by atoms with Gasteiger partial charge in [-0.3, -0.25) is 0 Å². The van der Waals surface area contributed by atoms with Crippen molar-refractivity contribution in [3.05, 3.63) is 35.5 Å². The number of aliphatic hydroxyl groups excluding tert-OH is 1. The lowest BCUT2D eigenvalue weighted by Crippen LogP contribution is -2.40. The van der Waals surface area contributed by atoms with Crippen LogP contribution in [0.25, 0.3) is 10.9 Å². The number of benzene rings is 1. The van der Waals surface area contributed by atoms with Crippen LogP contribution in [-0.4, -0.2) is 60.0 Å². The van der Waals surface area contributed by atoms with Crippen molar-refractivity contribution >= 4 is 16.9 Å². The average Bonchev–Trinajstić information content (AvgIpc) is 3.28. The quantitative estimate of drug-likeness (QED) is 0.790. The molecule has 25 heavy (non-hydrogen) atoms. The average molecular weight is 343 g/mol. The summed E-state index contributed by atoms with van der Waals surface area (Å²) in [5.74, 6) is 0.434. The predicted molar refractivity (Wildman–Crippen MR) is 95.5 cm³/mol. The fourth-order valence-electron chi connectivity index (χ4n) is 4.22. The van der Waals surface area contributed by atoms with E-state index in [-0.39, 0.29) is 30.6 Å². The first kappa shape index (κ1) is 16.4. The summed E-state index contributed by atoms with van der Waals surface area (Å²) >= 11 is 0. The molecule has 2 aliphatic heterocycles. The number of aromatic amines is 1. The number of H-pyrrole nitrogens is 1. The molecule has 2 fully saturated rings. The van der Waals surface area contributed by atoms with Crippen molar-refractivity contribution in [1.82, 2.24) is 15.2 Å². The molecule has 6 heteroatoms. The maximum atomic E-state index is 12.4. The van der Waals surface area contributed by atoms with Crippen LogP contribution < -0.4 is 5.32 Å². The second-order valence-corrected chi connectivity index (χ2v) is 7.18. The lowest BCUT2D eigenvalue weighted by molar-refractivity contribution is 0.0928. The molecule has 4 rings (SSSR count). The fraction of sp³-hybridized carbons (Fsp3) is 0.526. The molecule has 6 nitrogen and oxygen atoms in total. The Morgan fingerprint density at radius 1 is 1.44 bits per heavy atom. The van der Waals surface area contributed by atoms with Crippen molar-refractivity contribution in [1.29, 1.82) is 0 Å². The number of nitrogens with one attached hydrogen (secondary N) is 2. The van der Waals surface area contributed by atoms with Crippen LogP contribution in [0, 0.1) is 18.8 Å². The van der Waals surface area contributed by atoms with Crippen LogP contribution in [0.3, 0.4) is 0 Å². The summed E-state index contributed by atoms with van der Waals surface area (Å²) in [5.41, 5.74) is 3.62. The Morgan fingerprint density at radius 3 is 3.16 bits per heavy atom. The van der Waals surface area contributed by atoms with Crippen LogP contribution in [0.2, 0.25) is 0 Å². The third kappa shape index (κ3) is 3.00. The summed E-state index contributed by atoms with van der Waals surface area (Å²) in [4.78, 5) is 17.5. The Balaban J connectivity index is 1.32. The van der Waals surface area contributed by atoms with Crippen molar-refractivity contribution in [2.24, 2.45) is 11.8 Å². The number of ether oxygens (including phenoxy) is 1. The van der Waals surface area contributed by atoms with Crippen molar-refractivity contribution in [2.45, 2.75) is 19.4 Å². The maximum absolute atomic E-state index is 12.4. The third-order valence-corrected chi connectivity index (χ3v) is 5.63. The molecule has 3 heterocycles. The first-order valence-corrected chi connectivity index (χ1v) is 8.98. The van der Waals surface area contributed by atoms with E-state index in [9.17, 15) is 9.90 Å². The number of hydrogen-bond acceptors (Lipinski definition) is 3. The molecule has 1 aromatic carbocycles. The highest BCUT2D eigenvalue weighted by molar-refractivity contribution is 5.86. The van der Waals surface area contributed by atoms with E-state index >= 15 is 0 Å². The molecular formula is C19H25N3O3. The minimum atomic E-state index is -0.0359. The molecule has 3 atom stereocenters. The van der Waals surface area contributed by atoms with Gasteiger partial charge in [-0.1, -0.05) is 12.1 Å². The van der Waals surface area contributed by atoms with E-state index in [1.807, 2.05) is 17.2 Å². The minimum Gasteiger partial charge on any atom is -0.396 e. The molecule has 2 aromatic rings. The molecule has 0 radical (unpaired) electrons. The Bertz CT molecular complexity index is 772. The third-order valence-electron chi connectivity index (χ3n) is 5.63. The van der Waals surface area contributed by atoms with Crippen LogP contribution in [0.1, 0.15) is 11.1 Å². The molecule has 0 aliphatic carbocycles. The standard InChI is InChI=1S/C19H25N3O3/c1-12-3-2-4-16-18(12)13(7-21-16)5-6-20-19(24)22-8-15-14(10-23)11-25-17(15)9-22/h2-4,7,14-15,17,21,23H,5-6,8-11H2,1H3,(H,20,24)/t14-,15-,17-/m0/s1. The summed E-state index contributed by atoms with van der Waals surface area (Å²) in [6.07, 6.45) is 2.91. The number of carbonyl (C=O) groups excluding carboxylic acids is 1. The Kier molecular flexibility index (Phi) is 4.39. The zero-order valence-electron chi connectivity index (χ0n) is 14.5. The number of nitrogens with zero attached hydrogens (tertiary/aromatic N) is 1. The number of rotatable bonds is 4. The van der Waals surface area contributed by atoms with Gasteiger partial charge in [0.1, 0.15) is 0 Å². The number of hydrogen-bond donors (Lipinski definition) is 3. The van der Waals surface area contributed by atoms with Gasteiger partial charge in [-0.25, -0.2) is 4.79 Å². The Hall–Kier alpha value is -2.05. The first-order valence-electron chi connectivity index (χ1n) is 8.98. The van der Waals surface area contributed by atoms with Crippen molar-refractivity contribution in [3.63, 3.8) is 0 Å². The number of carbonyl (C=O) groups is 1. The molecule has 134 valence electrons. The van der Waals surface area contributed by atoms with Crippen LogP contribution in [0.4, 0.5) is 4.79 Å². The van der Waals surface area contributed by atoms with Gasteiger partial charge in [0.25, 0.3) is 0 Å². The van der Waals surface area contributed by atoms with Crippen LogP contribution in [0.15, 0.2) is 24.4 Å². The summed E-state index contributed by atoms with van der Waals surface area (Å²) in [6, 6.07) is 6.20. The van der Waals surface area contributed by atoms with Crippen molar-refractivity contribution in [3.8, 4) is 0 Å². The molecular weight excluding hydrogens is 318 g/mol. The van der Waals surface area contributed by atoms with Gasteiger partial charge < -0.3 is 25.0 Å². The number of fused-ring (bicyclic) bond motifs is 2. The zero-order chi connectivity index (χ0) is 17.4. The van der Waals surface area contributed by atoms with Gasteiger partial charge in [0, 0.05) is 55.2 Å². The number of aryl methyl sites for hydroxylation is 1. The van der Waals surface area contributed by atoms with Gasteiger partial charge in [-0.15, -0.1) is 0 Å². The molecule has 3 N–H and O–H groups in total. The van der Waals surface area contributed by atoms with Crippen LogP contribution >= 0.6 is 0 Å². The van der Waals surface area contributed by atoms with Gasteiger partial charge in [0.05, 0.1) is 12.7 Å². The summed E-state index contributed by atoms with van der Waals surface area (Å²) in [5, 5.41) is 13.7. The Morgan fingerprint density at radius 2 is 2.32 bits per heavy atom. The lowest BCUT2D eigenvalue weighted by Gasteiger charge is -2.19. The maximum Gasteiger partial charge on any atom is 0.317 e. The van der Waals surface area contributed by atoms with Crippen LogP contribution in [0.5, 0.6) is 0 Å². The molecule has 2 aliphatic rings. The van der Waals surface area contributed by atoms with Gasteiger partial charge in [-0.05, 0) is 30.5 Å². The van der Waals surface area contributed by atoms with E-state index in [1.54, 1.807) is 0 Å². The second kappa shape index (κ2) is 6.69. The van der Waals surface area contributed by atoms with E-state index in [2.05, 4.69) is 29.4 Å². The van der Waals surface area contributed by atoms with Crippen molar-refractivity contribution < 1.29 is 14.6 Å². The highest BCUT2D eigenvalue weighted by atomic mass is 16.5. The van der Waals surface area contributed by atoms with E-state index < -0.39 is 0 Å². The number of urea groups is 1. The number of aromatic nitrogens is 1. The number of amides is 2. The number of likely N-dealkylation sites (tertiary alicyclic amines) is 1. The topological polar surface area (TPSA) is 77.6 Å². The van der Waals surface area contributed by atoms with Gasteiger partial charge >= 0.3 is 6.03 Å². The molecule has 0 bridgehead atoms. The van der Waals surface area contributed by atoms with Crippen LogP contribution in [-0.2, 0) is 11.2 Å². The van der Waals surface area contributed by atoms with E-state index in [4.69, 9.17) is 4.74 Å². The lowest BCUT2D eigenvalue weighted by atomic mass is 9.94. The normalized spacial score (nSPS) is 25.5. The fourth-order valence-corrected chi connectivity index (χ4v) is 4.22. The minimum absolute atomic E-state index is 0.0359. The largest absolute Gasteiger partial charge is 0.396 e. The smallest absolute Gasteiger partial charge is 0.317 e. The van der Waals surface area contributed by atoms with E-state index in [1.165, 1.54) is 16.5 Å². The SMILES string of the molecule is Cc1cccc2[nH]cc(CCNC(=O)N3C[C@H]4[C@@H](CO)CO[C@H]4C3)c12. The van der Waals surface area contributed by atoms with Gasteiger partial charge in [-0.2, -0.15) is 0 Å². The molecule has 0 spiro atoms. The van der Waals surface area contributed by atoms with Gasteiger partial charge in [0.15, 0.2) is 0 Å². The molecule has 2 saturated heterocycles. The van der Waals surface area contributed by atoms with E-state index in [0.29, 0.717) is 26.2 Å². The molecule has 0 saturated carbocycles. The van der Waals surface area contributed by atoms with Crippen molar-refractivity contribution in [2.75, 3.05) is 32.8 Å². The Labute approximate surface area is 147 Å². The summed E-state index contributed by atoms with van der Waals surface area (Å²) < 4.78 is 5.70. The van der Waals surface area contributed by atoms with Gasteiger partial charge in [0.2, 0.25) is 0 Å². The second-order valence-electron chi connectivity index (χ2n) is 7.18. The monoisotopic (exact) mass is 343 g/mol. The summed E-state index contributed by atoms with van der Waals surface area (Å²) in [6.45, 7) is 4.76. The number of aliphatic hydroxyl groups is 1. The predicted octanol–water partition coefficient (Wildman–Crippen LogP) is 1.67. The summed E-state index contributed by atoms with van der Waals surface area (Å²) in [7, 11) is 0. The van der Waals surface area contributed by atoms with E-state index in [0.717, 1.165) is 11.9 Å². The highest BCUT2D eigenvalue weighted by Gasteiger charge is 2.44. The first-order chi connectivity index (χ1) is 12.2.